The number of para-hydroxylation sites is 1. The van der Waals surface area contributed by atoms with Crippen LogP contribution in [-0.4, -0.2) is 63.8 Å². The molecule has 41 heavy (non-hydrogen) atoms. The molecule has 1 aliphatic heterocycles. The lowest BCUT2D eigenvalue weighted by Gasteiger charge is -2.24. The van der Waals surface area contributed by atoms with Crippen molar-refractivity contribution in [1.29, 1.82) is 0 Å². The Morgan fingerprint density at radius 1 is 0.854 bits per heavy atom. The smallest absolute Gasteiger partial charge is 0.253 e. The van der Waals surface area contributed by atoms with Gasteiger partial charge in [-0.25, -0.2) is 14.6 Å². The molecule has 0 bridgehead atoms. The average Bonchev–Trinajstić information content (AvgIpc) is 3.17. The number of hydrogen-bond donors (Lipinski definition) is 0. The van der Waals surface area contributed by atoms with Crippen LogP contribution in [0.1, 0.15) is 39.4 Å². The molecule has 0 N–H and O–H groups in total. The van der Waals surface area contributed by atoms with E-state index in [2.05, 4.69) is 36.1 Å². The average molecular weight is 547 g/mol. The molecule has 6 rings (SSSR count). The minimum Gasteiger partial charge on any atom is -0.497 e. The predicted molar refractivity (Wildman–Crippen MR) is 161 cm³/mol. The first-order chi connectivity index (χ1) is 20.0. The number of anilines is 1. The predicted octanol–water partition coefficient (Wildman–Crippen LogP) is 5.38. The molecule has 0 spiro atoms. The topological polar surface area (TPSA) is 76.4 Å². The Kier molecular flexibility index (Phi) is 7.37. The molecule has 0 aliphatic carbocycles. The van der Waals surface area contributed by atoms with Crippen LogP contribution in [0.2, 0.25) is 0 Å². The minimum atomic E-state index is 0.0375. The van der Waals surface area contributed by atoms with Crippen LogP contribution in [0, 0.1) is 13.8 Å². The molecule has 1 saturated heterocycles. The zero-order chi connectivity index (χ0) is 28.3. The molecule has 3 aromatic carbocycles. The summed E-state index contributed by atoms with van der Waals surface area (Å²) in [6.45, 7) is 6.87. The number of carbonyl (C=O) groups is 1. The van der Waals surface area contributed by atoms with Gasteiger partial charge in [-0.2, -0.15) is 5.10 Å². The first-order valence-electron chi connectivity index (χ1n) is 14.1. The number of benzene rings is 3. The van der Waals surface area contributed by atoms with Gasteiger partial charge in [-0.05, 0) is 62.2 Å². The van der Waals surface area contributed by atoms with E-state index in [1.807, 2.05) is 71.1 Å². The summed E-state index contributed by atoms with van der Waals surface area (Å²) in [5.41, 5.74) is 5.71. The Bertz CT molecular complexity index is 1660. The number of fused-ring (bicyclic) bond motifs is 1. The second-order valence-corrected chi connectivity index (χ2v) is 10.5. The van der Waals surface area contributed by atoms with Crippen LogP contribution in [0.5, 0.6) is 5.75 Å². The van der Waals surface area contributed by atoms with Crippen molar-refractivity contribution in [2.24, 2.45) is 0 Å². The third-order valence-corrected chi connectivity index (χ3v) is 7.63. The molecule has 8 heteroatoms. The van der Waals surface area contributed by atoms with Gasteiger partial charge >= 0.3 is 0 Å². The van der Waals surface area contributed by atoms with Crippen LogP contribution in [0.4, 0.5) is 5.82 Å². The summed E-state index contributed by atoms with van der Waals surface area (Å²) in [5, 5.41) is 5.86. The van der Waals surface area contributed by atoms with Crippen LogP contribution in [-0.2, 0) is 6.42 Å². The number of carbonyl (C=O) groups excluding carboxylic acids is 1. The van der Waals surface area contributed by atoms with Crippen molar-refractivity contribution in [3.8, 4) is 11.4 Å². The molecule has 0 saturated carbocycles. The molecule has 1 amide bonds. The van der Waals surface area contributed by atoms with Gasteiger partial charge in [0.25, 0.3) is 5.91 Å². The van der Waals surface area contributed by atoms with Gasteiger partial charge in [0.15, 0.2) is 5.65 Å². The lowest BCUT2D eigenvalue weighted by Crippen LogP contribution is -2.35. The minimum absolute atomic E-state index is 0.0375. The van der Waals surface area contributed by atoms with Gasteiger partial charge in [-0.3, -0.25) is 4.79 Å². The fourth-order valence-corrected chi connectivity index (χ4v) is 5.40. The maximum atomic E-state index is 13.3. The van der Waals surface area contributed by atoms with Crippen molar-refractivity contribution >= 4 is 22.8 Å². The number of aromatic nitrogens is 4. The Balaban J connectivity index is 1.35. The summed E-state index contributed by atoms with van der Waals surface area (Å²) < 4.78 is 7.18. The summed E-state index contributed by atoms with van der Waals surface area (Å²) in [6, 6.07) is 25.9. The number of hydrogen-bond acceptors (Lipinski definition) is 6. The van der Waals surface area contributed by atoms with Gasteiger partial charge in [0.05, 0.1) is 23.9 Å². The first-order valence-corrected chi connectivity index (χ1v) is 14.1. The van der Waals surface area contributed by atoms with E-state index in [1.54, 1.807) is 7.11 Å². The zero-order valence-electron chi connectivity index (χ0n) is 23.7. The van der Waals surface area contributed by atoms with E-state index in [-0.39, 0.29) is 5.91 Å². The van der Waals surface area contributed by atoms with E-state index in [4.69, 9.17) is 19.8 Å². The normalized spacial score (nSPS) is 13.8. The molecule has 0 unspecified atom stereocenters. The van der Waals surface area contributed by atoms with Gasteiger partial charge in [-0.1, -0.05) is 48.0 Å². The third kappa shape index (κ3) is 5.50. The second-order valence-electron chi connectivity index (χ2n) is 10.5. The monoisotopic (exact) mass is 546 g/mol. The molecule has 208 valence electrons. The van der Waals surface area contributed by atoms with Crippen LogP contribution in [0.25, 0.3) is 16.7 Å². The summed E-state index contributed by atoms with van der Waals surface area (Å²) in [6.07, 6.45) is 1.46. The van der Waals surface area contributed by atoms with Crippen LogP contribution >= 0.6 is 0 Å². The molecule has 3 heterocycles. The number of methoxy groups -OCH3 is 1. The quantitative estimate of drug-likeness (QED) is 0.285. The zero-order valence-corrected chi connectivity index (χ0v) is 23.7. The van der Waals surface area contributed by atoms with E-state index >= 15 is 0 Å². The number of amides is 1. The van der Waals surface area contributed by atoms with Crippen molar-refractivity contribution in [2.75, 3.05) is 38.2 Å². The first kappa shape index (κ1) is 26.5. The fourth-order valence-electron chi connectivity index (χ4n) is 5.40. The van der Waals surface area contributed by atoms with E-state index in [0.717, 1.165) is 58.3 Å². The highest BCUT2D eigenvalue weighted by Crippen LogP contribution is 2.30. The van der Waals surface area contributed by atoms with Crippen molar-refractivity contribution in [2.45, 2.75) is 26.7 Å². The second kappa shape index (κ2) is 11.4. The van der Waals surface area contributed by atoms with E-state index in [1.165, 1.54) is 5.56 Å². The number of ether oxygens (including phenoxy) is 1. The van der Waals surface area contributed by atoms with Crippen molar-refractivity contribution < 1.29 is 9.53 Å². The molecule has 2 aromatic heterocycles. The standard InChI is InChI=1S/C33H34N6O2/c1-23-10-12-25(13-11-23)22-29-34-31(30-24(2)36-39(32(30)35-29)27-8-5-4-6-9-27)37-18-7-19-38(21-20-37)33(40)26-14-16-28(41-3)17-15-26/h4-6,8-17H,7,18-22H2,1-3H3. The molecule has 1 fully saturated rings. The highest BCUT2D eigenvalue weighted by atomic mass is 16.5. The van der Waals surface area contributed by atoms with Crippen molar-refractivity contribution in [3.63, 3.8) is 0 Å². The van der Waals surface area contributed by atoms with Gasteiger partial charge in [0.1, 0.15) is 17.4 Å². The Morgan fingerprint density at radius 3 is 2.34 bits per heavy atom. The largest absolute Gasteiger partial charge is 0.497 e. The highest BCUT2D eigenvalue weighted by molar-refractivity contribution is 5.94. The van der Waals surface area contributed by atoms with E-state index < -0.39 is 0 Å². The molecule has 0 radical (unpaired) electrons. The van der Waals surface area contributed by atoms with Crippen LogP contribution in [0.15, 0.2) is 78.9 Å². The Hall–Kier alpha value is -4.72. The fraction of sp³-hybridized carbons (Fsp3) is 0.273. The summed E-state index contributed by atoms with van der Waals surface area (Å²) in [4.78, 5) is 27.8. The van der Waals surface area contributed by atoms with Gasteiger partial charge in [0.2, 0.25) is 0 Å². The SMILES string of the molecule is COc1ccc(C(=O)N2CCCN(c3nc(Cc4ccc(C)cc4)nc4c3c(C)nn4-c3ccccc3)CC2)cc1. The lowest BCUT2D eigenvalue weighted by atomic mass is 10.1. The molecule has 1 aliphatic rings. The highest BCUT2D eigenvalue weighted by Gasteiger charge is 2.25. The van der Waals surface area contributed by atoms with Gasteiger partial charge < -0.3 is 14.5 Å². The lowest BCUT2D eigenvalue weighted by molar-refractivity contribution is 0.0767. The Labute approximate surface area is 240 Å². The molecule has 5 aromatic rings. The van der Waals surface area contributed by atoms with Crippen LogP contribution < -0.4 is 9.64 Å². The third-order valence-electron chi connectivity index (χ3n) is 7.63. The maximum absolute atomic E-state index is 13.3. The number of nitrogens with zero attached hydrogens (tertiary/aromatic N) is 6. The summed E-state index contributed by atoms with van der Waals surface area (Å²) in [7, 11) is 1.63. The number of aryl methyl sites for hydroxylation is 2. The van der Waals surface area contributed by atoms with Crippen molar-refractivity contribution in [3.05, 3.63) is 107 Å². The maximum Gasteiger partial charge on any atom is 0.253 e. The molecular weight excluding hydrogens is 512 g/mol. The summed E-state index contributed by atoms with van der Waals surface area (Å²) in [5.74, 6) is 2.42. The van der Waals surface area contributed by atoms with E-state index in [9.17, 15) is 4.79 Å². The Morgan fingerprint density at radius 2 is 1.61 bits per heavy atom. The molecule has 8 nitrogen and oxygen atoms in total. The van der Waals surface area contributed by atoms with Crippen molar-refractivity contribution in [1.82, 2.24) is 24.6 Å². The van der Waals surface area contributed by atoms with Crippen LogP contribution in [0.3, 0.4) is 0 Å². The molecule has 0 atom stereocenters. The number of rotatable bonds is 6. The van der Waals surface area contributed by atoms with Gasteiger partial charge in [-0.15, -0.1) is 0 Å². The van der Waals surface area contributed by atoms with Gasteiger partial charge in [0, 0.05) is 38.2 Å². The summed E-state index contributed by atoms with van der Waals surface area (Å²) >= 11 is 0. The molecular formula is C33H34N6O2. The van der Waals surface area contributed by atoms with E-state index in [0.29, 0.717) is 31.6 Å².